The average Bonchev–Trinajstić information content (AvgIpc) is 3.28. The molecule has 0 amide bonds. The van der Waals surface area contributed by atoms with Gasteiger partial charge in [0.2, 0.25) is 5.95 Å². The summed E-state index contributed by atoms with van der Waals surface area (Å²) in [7, 11) is 0. The number of nitrogens with zero attached hydrogens (tertiary/aromatic N) is 2. The summed E-state index contributed by atoms with van der Waals surface area (Å²) in [5, 5.41) is 13.7. The maximum Gasteiger partial charge on any atom is 0.416 e. The minimum atomic E-state index is -4.37. The molecule has 1 aromatic carbocycles. The van der Waals surface area contributed by atoms with Crippen molar-refractivity contribution in [1.29, 1.82) is 0 Å². The zero-order chi connectivity index (χ0) is 16.7. The van der Waals surface area contributed by atoms with Gasteiger partial charge in [-0.3, -0.25) is 0 Å². The highest BCUT2D eigenvalue weighted by Crippen LogP contribution is 2.48. The number of carbonyl (C=O) groups excluding carboxylic acids is 1. The Morgan fingerprint density at radius 3 is 2.13 bits per heavy atom. The van der Waals surface area contributed by atoms with E-state index in [2.05, 4.69) is 15.3 Å². The fraction of sp³-hybridized carbons (Fsp3) is 0.267. The van der Waals surface area contributed by atoms with Gasteiger partial charge >= 0.3 is 6.18 Å². The second-order valence-corrected chi connectivity index (χ2v) is 5.37. The Labute approximate surface area is 129 Å². The third-order valence-electron chi connectivity index (χ3n) is 3.75. The predicted molar refractivity (Wildman–Crippen MR) is 72.3 cm³/mol. The van der Waals surface area contributed by atoms with E-state index in [1.165, 1.54) is 12.1 Å². The van der Waals surface area contributed by atoms with Crippen LogP contribution in [0.1, 0.15) is 34.3 Å². The molecule has 1 aliphatic carbocycles. The third-order valence-corrected chi connectivity index (χ3v) is 3.75. The summed E-state index contributed by atoms with van der Waals surface area (Å²) in [6, 6.07) is 4.94. The number of hydrogen-bond acceptors (Lipinski definition) is 5. The zero-order valence-electron chi connectivity index (χ0n) is 11.7. The van der Waals surface area contributed by atoms with Gasteiger partial charge in [-0.15, -0.1) is 0 Å². The lowest BCUT2D eigenvalue weighted by atomic mass is 10.0. The number of aromatic carboxylic acids is 1. The van der Waals surface area contributed by atoms with E-state index in [1.807, 2.05) is 0 Å². The minimum Gasteiger partial charge on any atom is -0.545 e. The molecule has 1 fully saturated rings. The largest absolute Gasteiger partial charge is 0.545 e. The molecule has 5 nitrogen and oxygen atoms in total. The van der Waals surface area contributed by atoms with Gasteiger partial charge in [0.25, 0.3) is 0 Å². The number of benzene rings is 1. The van der Waals surface area contributed by atoms with Crippen molar-refractivity contribution in [3.63, 3.8) is 0 Å². The molecule has 1 aliphatic rings. The van der Waals surface area contributed by atoms with Crippen LogP contribution < -0.4 is 10.4 Å². The van der Waals surface area contributed by atoms with Crippen LogP contribution in [-0.4, -0.2) is 15.9 Å². The molecular formula is C15H11F3N3O2-. The Balaban J connectivity index is 1.78. The maximum absolute atomic E-state index is 12.6. The molecule has 1 N–H and O–H groups in total. The third kappa shape index (κ3) is 3.10. The Kier molecular flexibility index (Phi) is 3.46. The fourth-order valence-electron chi connectivity index (χ4n) is 2.30. The van der Waals surface area contributed by atoms with Gasteiger partial charge in [0.15, 0.2) is 0 Å². The van der Waals surface area contributed by atoms with Crippen molar-refractivity contribution in [2.75, 3.05) is 5.32 Å². The molecule has 0 saturated heterocycles. The Hall–Kier alpha value is -2.64. The summed E-state index contributed by atoms with van der Waals surface area (Å²) >= 11 is 0. The van der Waals surface area contributed by atoms with Crippen molar-refractivity contribution in [2.45, 2.75) is 24.6 Å². The van der Waals surface area contributed by atoms with Crippen molar-refractivity contribution < 1.29 is 23.1 Å². The summed E-state index contributed by atoms with van der Waals surface area (Å²) in [5.41, 5.74) is -0.646. The Morgan fingerprint density at radius 2 is 1.70 bits per heavy atom. The Morgan fingerprint density at radius 1 is 1.13 bits per heavy atom. The van der Waals surface area contributed by atoms with Crippen LogP contribution in [0.3, 0.4) is 0 Å². The standard InChI is InChI=1S/C15H12F3N3O2/c16-15(17,18)11-3-1-10(2-4-11)14(5-6-14)21-13-19-7-9(8-20-13)12(22)23/h1-4,7-8H,5-6H2,(H,22,23)(H,19,20,21)/p-1. The predicted octanol–water partition coefficient (Wildman–Crippen LogP) is 1.96. The van der Waals surface area contributed by atoms with Crippen LogP contribution in [0, 0.1) is 0 Å². The molecule has 23 heavy (non-hydrogen) atoms. The first-order chi connectivity index (χ1) is 10.8. The van der Waals surface area contributed by atoms with E-state index in [4.69, 9.17) is 0 Å². The minimum absolute atomic E-state index is 0.144. The first-order valence-electron chi connectivity index (χ1n) is 6.79. The number of rotatable bonds is 4. The van der Waals surface area contributed by atoms with E-state index in [1.54, 1.807) is 0 Å². The quantitative estimate of drug-likeness (QED) is 0.931. The molecule has 1 aromatic heterocycles. The summed E-state index contributed by atoms with van der Waals surface area (Å²) in [5.74, 6) is -1.16. The molecule has 1 saturated carbocycles. The molecule has 0 bridgehead atoms. The number of carboxylic acids is 1. The highest BCUT2D eigenvalue weighted by molar-refractivity contribution is 5.84. The lowest BCUT2D eigenvalue weighted by Gasteiger charge is -2.18. The average molecular weight is 322 g/mol. The van der Waals surface area contributed by atoms with Crippen LogP contribution in [0.15, 0.2) is 36.7 Å². The van der Waals surface area contributed by atoms with E-state index in [-0.39, 0.29) is 11.5 Å². The number of anilines is 1. The molecule has 0 atom stereocenters. The van der Waals surface area contributed by atoms with E-state index >= 15 is 0 Å². The van der Waals surface area contributed by atoms with Crippen molar-refractivity contribution in [2.24, 2.45) is 0 Å². The first-order valence-corrected chi connectivity index (χ1v) is 6.79. The Bertz CT molecular complexity index is 723. The van der Waals surface area contributed by atoms with Gasteiger partial charge in [0.1, 0.15) is 0 Å². The number of alkyl halides is 3. The summed E-state index contributed by atoms with van der Waals surface area (Å²) in [4.78, 5) is 18.4. The second-order valence-electron chi connectivity index (χ2n) is 5.37. The van der Waals surface area contributed by atoms with E-state index in [0.29, 0.717) is 5.56 Å². The maximum atomic E-state index is 12.6. The lowest BCUT2D eigenvalue weighted by molar-refractivity contribution is -0.255. The lowest BCUT2D eigenvalue weighted by Crippen LogP contribution is -2.24. The first kappa shape index (κ1) is 15.3. The number of halogens is 3. The van der Waals surface area contributed by atoms with E-state index < -0.39 is 23.2 Å². The van der Waals surface area contributed by atoms with E-state index in [0.717, 1.165) is 37.4 Å². The van der Waals surface area contributed by atoms with Crippen molar-refractivity contribution in [3.05, 3.63) is 53.3 Å². The van der Waals surface area contributed by atoms with Crippen LogP contribution in [0.5, 0.6) is 0 Å². The van der Waals surface area contributed by atoms with Gasteiger partial charge < -0.3 is 15.2 Å². The van der Waals surface area contributed by atoms with Crippen LogP contribution in [0.25, 0.3) is 0 Å². The van der Waals surface area contributed by atoms with Crippen LogP contribution >= 0.6 is 0 Å². The van der Waals surface area contributed by atoms with E-state index in [9.17, 15) is 23.1 Å². The number of carboxylic acid groups (broad SMARTS) is 1. The topological polar surface area (TPSA) is 77.9 Å². The van der Waals surface area contributed by atoms with Gasteiger partial charge in [-0.05, 0) is 30.5 Å². The van der Waals surface area contributed by atoms with Gasteiger partial charge in [0, 0.05) is 18.0 Å². The number of nitrogens with one attached hydrogen (secondary N) is 1. The molecule has 120 valence electrons. The van der Waals surface area contributed by atoms with Crippen LogP contribution in [0.2, 0.25) is 0 Å². The van der Waals surface area contributed by atoms with Crippen molar-refractivity contribution in [3.8, 4) is 0 Å². The van der Waals surface area contributed by atoms with Crippen molar-refractivity contribution >= 4 is 11.9 Å². The number of hydrogen-bond donors (Lipinski definition) is 1. The SMILES string of the molecule is O=C([O-])c1cnc(NC2(c3ccc(C(F)(F)F)cc3)CC2)nc1. The zero-order valence-corrected chi connectivity index (χ0v) is 11.7. The molecule has 0 radical (unpaired) electrons. The van der Waals surface area contributed by atoms with Gasteiger partial charge in [-0.1, -0.05) is 12.1 Å². The molecule has 2 aromatic rings. The van der Waals surface area contributed by atoms with Gasteiger partial charge in [0.05, 0.1) is 17.1 Å². The molecule has 0 aliphatic heterocycles. The fourth-order valence-corrected chi connectivity index (χ4v) is 2.30. The molecular weight excluding hydrogens is 311 g/mol. The van der Waals surface area contributed by atoms with Crippen LogP contribution in [-0.2, 0) is 11.7 Å². The monoisotopic (exact) mass is 322 g/mol. The summed E-state index contributed by atoms with van der Waals surface area (Å²) in [6.07, 6.45) is -0.679. The van der Waals surface area contributed by atoms with Crippen LogP contribution in [0.4, 0.5) is 19.1 Å². The molecule has 0 unspecified atom stereocenters. The van der Waals surface area contributed by atoms with Gasteiger partial charge in [-0.2, -0.15) is 13.2 Å². The molecule has 1 heterocycles. The highest BCUT2D eigenvalue weighted by Gasteiger charge is 2.45. The second kappa shape index (κ2) is 5.22. The normalized spacial score (nSPS) is 16.0. The number of carbonyl (C=O) groups is 1. The highest BCUT2D eigenvalue weighted by atomic mass is 19.4. The van der Waals surface area contributed by atoms with Crippen molar-refractivity contribution in [1.82, 2.24) is 9.97 Å². The smallest absolute Gasteiger partial charge is 0.416 e. The molecule has 8 heteroatoms. The molecule has 3 rings (SSSR count). The number of aromatic nitrogens is 2. The van der Waals surface area contributed by atoms with Gasteiger partial charge in [-0.25, -0.2) is 9.97 Å². The summed E-state index contributed by atoms with van der Waals surface area (Å²) in [6.45, 7) is 0. The summed E-state index contributed by atoms with van der Waals surface area (Å²) < 4.78 is 37.8. The molecule has 0 spiro atoms.